The second-order valence-electron chi connectivity index (χ2n) is 7.42. The van der Waals surface area contributed by atoms with Crippen LogP contribution in [0.2, 0.25) is 0 Å². The Hall–Kier alpha value is -2.81. The lowest BCUT2D eigenvalue weighted by molar-refractivity contribution is 0.0107. The van der Waals surface area contributed by atoms with E-state index in [0.717, 1.165) is 35.3 Å². The summed E-state index contributed by atoms with van der Waals surface area (Å²) in [6, 6.07) is 13.3. The van der Waals surface area contributed by atoms with E-state index >= 15 is 0 Å². The number of hydrogen-bond donors (Lipinski definition) is 0. The first kappa shape index (κ1) is 24.8. The molecule has 0 aliphatic carbocycles. The fourth-order valence-corrected chi connectivity index (χ4v) is 3.08. The van der Waals surface area contributed by atoms with Crippen LogP contribution in [0.5, 0.6) is 5.75 Å². The number of aromatic nitrogens is 2. The molecule has 1 heterocycles. The molecule has 0 spiro atoms. The highest BCUT2D eigenvalue weighted by molar-refractivity contribution is 5.61. The smallest absolute Gasteiger partial charge is 0.258 e. The van der Waals surface area contributed by atoms with Crippen LogP contribution in [0.4, 0.5) is 4.39 Å². The summed E-state index contributed by atoms with van der Waals surface area (Å²) in [5, 5.41) is 4.09. The molecule has 178 valence electrons. The van der Waals surface area contributed by atoms with Crippen molar-refractivity contribution in [2.75, 3.05) is 46.3 Å². The van der Waals surface area contributed by atoms with E-state index in [9.17, 15) is 4.39 Å². The quantitative estimate of drug-likeness (QED) is 0.296. The Labute approximate surface area is 193 Å². The van der Waals surface area contributed by atoms with Crippen molar-refractivity contribution in [1.82, 2.24) is 10.1 Å². The van der Waals surface area contributed by atoms with Crippen molar-refractivity contribution in [1.29, 1.82) is 0 Å². The maximum Gasteiger partial charge on any atom is 0.258 e. The molecule has 3 rings (SSSR count). The van der Waals surface area contributed by atoms with E-state index in [1.807, 2.05) is 43.3 Å². The van der Waals surface area contributed by atoms with Gasteiger partial charge in [-0.2, -0.15) is 4.98 Å². The minimum Gasteiger partial charge on any atom is -0.491 e. The number of nitrogens with zero attached hydrogens (tertiary/aromatic N) is 2. The molecule has 33 heavy (non-hydrogen) atoms. The second-order valence-corrected chi connectivity index (χ2v) is 7.42. The number of aryl methyl sites for hydroxylation is 1. The Bertz CT molecular complexity index is 962. The summed E-state index contributed by atoms with van der Waals surface area (Å²) < 4.78 is 39.6. The van der Waals surface area contributed by atoms with Gasteiger partial charge in [0.05, 0.1) is 33.0 Å². The number of ether oxygens (including phenoxy) is 4. The summed E-state index contributed by atoms with van der Waals surface area (Å²) in [6.07, 6.45) is 1.02. The van der Waals surface area contributed by atoms with E-state index in [0.29, 0.717) is 50.5 Å². The molecule has 0 unspecified atom stereocenters. The molecule has 0 saturated heterocycles. The third-order valence-electron chi connectivity index (χ3n) is 4.76. The number of hydrogen-bond acceptors (Lipinski definition) is 7. The van der Waals surface area contributed by atoms with Crippen molar-refractivity contribution in [2.24, 2.45) is 0 Å². The molecule has 0 amide bonds. The molecule has 7 nitrogen and oxygen atoms in total. The van der Waals surface area contributed by atoms with Gasteiger partial charge in [0.1, 0.15) is 19.0 Å². The summed E-state index contributed by atoms with van der Waals surface area (Å²) in [7, 11) is 0. The topological polar surface area (TPSA) is 75.8 Å². The highest BCUT2D eigenvalue weighted by Crippen LogP contribution is 2.27. The fourth-order valence-electron chi connectivity index (χ4n) is 3.08. The lowest BCUT2D eigenvalue weighted by Gasteiger charge is -2.07. The van der Waals surface area contributed by atoms with Crippen molar-refractivity contribution < 1.29 is 27.9 Å². The van der Waals surface area contributed by atoms with Crippen LogP contribution in [-0.4, -0.2) is 56.5 Å². The molecule has 0 radical (unpaired) electrons. The highest BCUT2D eigenvalue weighted by Gasteiger charge is 2.12. The van der Waals surface area contributed by atoms with Gasteiger partial charge in [-0.3, -0.25) is 0 Å². The molecule has 8 heteroatoms. The van der Waals surface area contributed by atoms with Crippen LogP contribution < -0.4 is 4.74 Å². The Morgan fingerprint density at radius 1 is 0.848 bits per heavy atom. The van der Waals surface area contributed by atoms with Gasteiger partial charge >= 0.3 is 0 Å². The molecule has 0 atom stereocenters. The Kier molecular flexibility index (Phi) is 10.3. The Morgan fingerprint density at radius 2 is 1.55 bits per heavy atom. The van der Waals surface area contributed by atoms with E-state index in [1.165, 1.54) is 0 Å². The molecule has 0 aliphatic rings. The third kappa shape index (κ3) is 7.92. The summed E-state index contributed by atoms with van der Waals surface area (Å²) in [5.74, 6) is 1.56. The molecule has 0 bridgehead atoms. The standard InChI is InChI=1S/C25H31FN2O5/c1-3-11-29-13-14-30-15-16-31-18-20-4-6-21(7-5-20)24-27-25(33-28-24)22-8-9-23(19(2)17-22)32-12-10-26/h4-9,17H,3,10-16,18H2,1-2H3. The lowest BCUT2D eigenvalue weighted by atomic mass is 10.1. The van der Waals surface area contributed by atoms with Crippen LogP contribution >= 0.6 is 0 Å². The fraction of sp³-hybridized carbons (Fsp3) is 0.440. The molecule has 0 fully saturated rings. The Balaban J connectivity index is 1.46. The minimum atomic E-state index is -0.525. The second kappa shape index (κ2) is 13.7. The predicted molar refractivity (Wildman–Crippen MR) is 123 cm³/mol. The van der Waals surface area contributed by atoms with Gasteiger partial charge in [-0.25, -0.2) is 4.39 Å². The minimum absolute atomic E-state index is 0.0360. The zero-order chi connectivity index (χ0) is 23.3. The lowest BCUT2D eigenvalue weighted by Crippen LogP contribution is -2.09. The molecule has 0 aliphatic heterocycles. The van der Waals surface area contributed by atoms with Gasteiger partial charge in [0.15, 0.2) is 0 Å². The van der Waals surface area contributed by atoms with Gasteiger partial charge in [-0.15, -0.1) is 0 Å². The third-order valence-corrected chi connectivity index (χ3v) is 4.76. The molecule has 2 aromatic carbocycles. The molecule has 3 aromatic rings. The largest absolute Gasteiger partial charge is 0.491 e. The first-order chi connectivity index (χ1) is 16.2. The highest BCUT2D eigenvalue weighted by atomic mass is 19.1. The van der Waals surface area contributed by atoms with E-state index in [1.54, 1.807) is 6.07 Å². The molecular weight excluding hydrogens is 427 g/mol. The van der Waals surface area contributed by atoms with Gasteiger partial charge in [-0.05, 0) is 42.7 Å². The maximum absolute atomic E-state index is 12.3. The van der Waals surface area contributed by atoms with Crippen LogP contribution in [0.15, 0.2) is 47.0 Å². The van der Waals surface area contributed by atoms with Gasteiger partial charge in [-0.1, -0.05) is 36.3 Å². The number of alkyl halides is 1. The van der Waals surface area contributed by atoms with Crippen molar-refractivity contribution in [3.8, 4) is 28.6 Å². The zero-order valence-corrected chi connectivity index (χ0v) is 19.2. The van der Waals surface area contributed by atoms with E-state index in [4.69, 9.17) is 23.5 Å². The molecule has 0 saturated carbocycles. The zero-order valence-electron chi connectivity index (χ0n) is 19.2. The van der Waals surface area contributed by atoms with E-state index in [-0.39, 0.29) is 6.61 Å². The van der Waals surface area contributed by atoms with Gasteiger partial charge in [0, 0.05) is 17.7 Å². The van der Waals surface area contributed by atoms with Crippen LogP contribution in [0, 0.1) is 6.92 Å². The van der Waals surface area contributed by atoms with Crippen molar-refractivity contribution in [3.63, 3.8) is 0 Å². The van der Waals surface area contributed by atoms with Crippen molar-refractivity contribution in [2.45, 2.75) is 26.9 Å². The normalized spacial score (nSPS) is 11.1. The summed E-state index contributed by atoms with van der Waals surface area (Å²) in [6.45, 7) is 7.03. The van der Waals surface area contributed by atoms with Crippen molar-refractivity contribution >= 4 is 0 Å². The first-order valence-corrected chi connectivity index (χ1v) is 11.2. The van der Waals surface area contributed by atoms with Gasteiger partial charge in [0.25, 0.3) is 5.89 Å². The summed E-state index contributed by atoms with van der Waals surface area (Å²) in [5.41, 5.74) is 3.56. The number of rotatable bonds is 15. The average molecular weight is 459 g/mol. The molecule has 0 N–H and O–H groups in total. The first-order valence-electron chi connectivity index (χ1n) is 11.2. The predicted octanol–water partition coefficient (Wildman–Crippen LogP) is 5.02. The number of benzene rings is 2. The summed E-state index contributed by atoms with van der Waals surface area (Å²) >= 11 is 0. The van der Waals surface area contributed by atoms with Crippen LogP contribution in [0.1, 0.15) is 24.5 Å². The van der Waals surface area contributed by atoms with E-state index in [2.05, 4.69) is 17.1 Å². The average Bonchev–Trinajstić information content (AvgIpc) is 3.33. The Morgan fingerprint density at radius 3 is 2.24 bits per heavy atom. The SMILES string of the molecule is CCCOCCOCCOCc1ccc(-c2noc(-c3ccc(OCCF)c(C)c3)n2)cc1. The number of halogens is 1. The van der Waals surface area contributed by atoms with Crippen molar-refractivity contribution in [3.05, 3.63) is 53.6 Å². The van der Waals surface area contributed by atoms with Gasteiger partial charge < -0.3 is 23.5 Å². The van der Waals surface area contributed by atoms with E-state index < -0.39 is 6.67 Å². The molecule has 1 aromatic heterocycles. The van der Waals surface area contributed by atoms with Crippen LogP contribution in [-0.2, 0) is 20.8 Å². The molecular formula is C25H31FN2O5. The maximum atomic E-state index is 12.3. The monoisotopic (exact) mass is 458 g/mol. The summed E-state index contributed by atoms with van der Waals surface area (Å²) in [4.78, 5) is 4.50. The van der Waals surface area contributed by atoms with Gasteiger partial charge in [0.2, 0.25) is 5.82 Å². The van der Waals surface area contributed by atoms with Crippen LogP contribution in [0.3, 0.4) is 0 Å². The van der Waals surface area contributed by atoms with Crippen LogP contribution in [0.25, 0.3) is 22.8 Å².